The summed E-state index contributed by atoms with van der Waals surface area (Å²) in [5.74, 6) is -0.354. The van der Waals surface area contributed by atoms with Crippen LogP contribution in [-0.4, -0.2) is 42.0 Å². The number of Topliss-reactive ketones (excluding diaryl/α,β-unsaturated/α-hetero) is 1. The van der Waals surface area contributed by atoms with Crippen LogP contribution in [0.5, 0.6) is 5.75 Å². The number of carbonyl (C=O) groups excluding carboxylic acids is 2. The van der Waals surface area contributed by atoms with Crippen LogP contribution in [-0.2, 0) is 4.79 Å². The SMILES string of the molecule is CC(=O)c1ccc(O[C@H]2CCN(CC(F)(F)F)C2=O)c(C)c1. The Morgan fingerprint density at radius 3 is 2.64 bits per heavy atom. The lowest BCUT2D eigenvalue weighted by Crippen LogP contribution is -2.38. The second-order valence-corrected chi connectivity index (χ2v) is 5.31. The van der Waals surface area contributed by atoms with Crippen LogP contribution in [0.1, 0.15) is 29.3 Å². The van der Waals surface area contributed by atoms with Gasteiger partial charge in [0.25, 0.3) is 5.91 Å². The number of benzene rings is 1. The molecule has 120 valence electrons. The van der Waals surface area contributed by atoms with Gasteiger partial charge >= 0.3 is 6.18 Å². The monoisotopic (exact) mass is 315 g/mol. The predicted molar refractivity (Wildman–Crippen MR) is 72.9 cm³/mol. The van der Waals surface area contributed by atoms with Gasteiger partial charge in [-0.1, -0.05) is 0 Å². The summed E-state index contributed by atoms with van der Waals surface area (Å²) in [6.07, 6.45) is -5.11. The lowest BCUT2D eigenvalue weighted by atomic mass is 10.1. The van der Waals surface area contributed by atoms with Crippen LogP contribution in [0.3, 0.4) is 0 Å². The van der Waals surface area contributed by atoms with Gasteiger partial charge in [0.1, 0.15) is 12.3 Å². The highest BCUT2D eigenvalue weighted by atomic mass is 19.4. The topological polar surface area (TPSA) is 46.6 Å². The molecule has 0 unspecified atom stereocenters. The number of likely N-dealkylation sites (tertiary alicyclic amines) is 1. The summed E-state index contributed by atoms with van der Waals surface area (Å²) in [6.45, 7) is 1.92. The van der Waals surface area contributed by atoms with E-state index in [9.17, 15) is 22.8 Å². The molecule has 0 radical (unpaired) electrons. The van der Waals surface area contributed by atoms with Crippen molar-refractivity contribution in [1.29, 1.82) is 0 Å². The van der Waals surface area contributed by atoms with E-state index in [-0.39, 0.29) is 18.7 Å². The molecular formula is C15H16F3NO3. The van der Waals surface area contributed by atoms with E-state index in [0.717, 1.165) is 4.90 Å². The van der Waals surface area contributed by atoms with Crippen molar-refractivity contribution in [3.63, 3.8) is 0 Å². The number of ketones is 1. The highest BCUT2D eigenvalue weighted by Crippen LogP contribution is 2.26. The maximum atomic E-state index is 12.4. The summed E-state index contributed by atoms with van der Waals surface area (Å²) < 4.78 is 42.6. The molecule has 0 aliphatic carbocycles. The number of halogens is 3. The molecule has 0 aromatic heterocycles. The lowest BCUT2D eigenvalue weighted by molar-refractivity contribution is -0.159. The van der Waals surface area contributed by atoms with Crippen LogP contribution in [0.15, 0.2) is 18.2 Å². The Morgan fingerprint density at radius 1 is 1.41 bits per heavy atom. The third-order valence-electron chi connectivity index (χ3n) is 3.47. The molecule has 1 amide bonds. The molecule has 22 heavy (non-hydrogen) atoms. The molecule has 1 atom stereocenters. The molecule has 1 heterocycles. The van der Waals surface area contributed by atoms with Gasteiger partial charge in [-0.15, -0.1) is 0 Å². The fourth-order valence-electron chi connectivity index (χ4n) is 2.35. The number of hydrogen-bond acceptors (Lipinski definition) is 3. The molecule has 4 nitrogen and oxygen atoms in total. The van der Waals surface area contributed by atoms with Crippen molar-refractivity contribution in [3.05, 3.63) is 29.3 Å². The predicted octanol–water partition coefficient (Wildman–Crippen LogP) is 2.74. The summed E-state index contributed by atoms with van der Waals surface area (Å²) >= 11 is 0. The number of amides is 1. The lowest BCUT2D eigenvalue weighted by Gasteiger charge is -2.19. The third kappa shape index (κ3) is 3.78. The molecule has 0 bridgehead atoms. The molecule has 1 aromatic rings. The molecule has 1 saturated heterocycles. The minimum Gasteiger partial charge on any atom is -0.480 e. The molecule has 0 spiro atoms. The minimum absolute atomic E-state index is 0.0214. The van der Waals surface area contributed by atoms with Crippen molar-refractivity contribution in [1.82, 2.24) is 4.90 Å². The summed E-state index contributed by atoms with van der Waals surface area (Å²) in [5, 5.41) is 0. The Bertz CT molecular complexity index is 598. The van der Waals surface area contributed by atoms with Gasteiger partial charge < -0.3 is 9.64 Å². The Morgan fingerprint density at radius 2 is 2.09 bits per heavy atom. The van der Waals surface area contributed by atoms with Gasteiger partial charge in [-0.05, 0) is 37.6 Å². The van der Waals surface area contributed by atoms with Gasteiger partial charge in [0.2, 0.25) is 0 Å². The van der Waals surface area contributed by atoms with E-state index in [4.69, 9.17) is 4.74 Å². The fraction of sp³-hybridized carbons (Fsp3) is 0.467. The average molecular weight is 315 g/mol. The zero-order valence-corrected chi connectivity index (χ0v) is 12.2. The van der Waals surface area contributed by atoms with Crippen LogP contribution in [0, 0.1) is 6.92 Å². The smallest absolute Gasteiger partial charge is 0.406 e. The highest BCUT2D eigenvalue weighted by molar-refractivity contribution is 5.94. The zero-order valence-electron chi connectivity index (χ0n) is 12.2. The second kappa shape index (κ2) is 5.98. The number of ether oxygens (including phenoxy) is 1. The average Bonchev–Trinajstić information content (AvgIpc) is 2.71. The van der Waals surface area contributed by atoms with Crippen molar-refractivity contribution < 1.29 is 27.5 Å². The Balaban J connectivity index is 2.06. The van der Waals surface area contributed by atoms with E-state index in [1.165, 1.54) is 6.92 Å². The van der Waals surface area contributed by atoms with Gasteiger partial charge in [0.05, 0.1) is 0 Å². The largest absolute Gasteiger partial charge is 0.480 e. The number of aryl methyl sites for hydroxylation is 1. The first-order chi connectivity index (χ1) is 10.2. The quantitative estimate of drug-likeness (QED) is 0.803. The van der Waals surface area contributed by atoms with E-state index in [1.807, 2.05) is 0 Å². The van der Waals surface area contributed by atoms with Crippen LogP contribution < -0.4 is 4.74 Å². The Labute approximate surface area is 125 Å². The summed E-state index contributed by atoms with van der Waals surface area (Å²) in [7, 11) is 0. The molecular weight excluding hydrogens is 299 g/mol. The first kappa shape index (κ1) is 16.3. The number of rotatable bonds is 4. The summed E-state index contributed by atoms with van der Waals surface area (Å²) in [6, 6.07) is 4.76. The van der Waals surface area contributed by atoms with Gasteiger partial charge in [-0.3, -0.25) is 9.59 Å². The van der Waals surface area contributed by atoms with E-state index in [1.54, 1.807) is 25.1 Å². The minimum atomic E-state index is -4.41. The Hall–Kier alpha value is -2.05. The van der Waals surface area contributed by atoms with Crippen molar-refractivity contribution in [2.24, 2.45) is 0 Å². The molecule has 1 aliphatic heterocycles. The third-order valence-corrected chi connectivity index (χ3v) is 3.47. The van der Waals surface area contributed by atoms with Crippen LogP contribution in [0.4, 0.5) is 13.2 Å². The van der Waals surface area contributed by atoms with Gasteiger partial charge in [-0.25, -0.2) is 0 Å². The van der Waals surface area contributed by atoms with E-state index in [2.05, 4.69) is 0 Å². The molecule has 7 heteroatoms. The Kier molecular flexibility index (Phi) is 4.44. The van der Waals surface area contributed by atoms with Crippen LogP contribution in [0.2, 0.25) is 0 Å². The zero-order chi connectivity index (χ0) is 16.5. The van der Waals surface area contributed by atoms with Gasteiger partial charge in [-0.2, -0.15) is 13.2 Å². The molecule has 0 N–H and O–H groups in total. The normalized spacial score (nSPS) is 18.7. The second-order valence-electron chi connectivity index (χ2n) is 5.31. The van der Waals surface area contributed by atoms with Crippen molar-refractivity contribution in [2.75, 3.05) is 13.1 Å². The summed E-state index contributed by atoms with van der Waals surface area (Å²) in [4.78, 5) is 23.9. The number of nitrogens with zero attached hydrogens (tertiary/aromatic N) is 1. The van der Waals surface area contributed by atoms with Crippen molar-refractivity contribution in [2.45, 2.75) is 32.5 Å². The number of carbonyl (C=O) groups is 2. The molecule has 1 aromatic carbocycles. The number of alkyl halides is 3. The first-order valence-corrected chi connectivity index (χ1v) is 6.81. The number of hydrogen-bond donors (Lipinski definition) is 0. The maximum Gasteiger partial charge on any atom is 0.406 e. The molecule has 1 aliphatic rings. The van der Waals surface area contributed by atoms with Gasteiger partial charge in [0, 0.05) is 18.5 Å². The molecule has 0 saturated carbocycles. The molecule has 1 fully saturated rings. The van der Waals surface area contributed by atoms with E-state index < -0.39 is 24.7 Å². The first-order valence-electron chi connectivity index (χ1n) is 6.81. The standard InChI is InChI=1S/C15H16F3NO3/c1-9-7-11(10(2)20)3-4-12(9)22-13-5-6-19(14(13)21)8-15(16,17)18/h3-4,7,13H,5-6,8H2,1-2H3/t13-/m0/s1. The summed E-state index contributed by atoms with van der Waals surface area (Å²) in [5.41, 5.74) is 1.18. The van der Waals surface area contributed by atoms with Gasteiger partial charge in [0.15, 0.2) is 11.9 Å². The van der Waals surface area contributed by atoms with Crippen LogP contribution in [0.25, 0.3) is 0 Å². The molecule has 2 rings (SSSR count). The van der Waals surface area contributed by atoms with E-state index in [0.29, 0.717) is 16.9 Å². The van der Waals surface area contributed by atoms with Crippen LogP contribution >= 0.6 is 0 Å². The van der Waals surface area contributed by atoms with Crippen molar-refractivity contribution >= 4 is 11.7 Å². The van der Waals surface area contributed by atoms with Crippen molar-refractivity contribution in [3.8, 4) is 5.75 Å². The fourth-order valence-corrected chi connectivity index (χ4v) is 2.35. The maximum absolute atomic E-state index is 12.4. The van der Waals surface area contributed by atoms with E-state index >= 15 is 0 Å². The highest BCUT2D eigenvalue weighted by Gasteiger charge is 2.40.